The average Bonchev–Trinajstić information content (AvgIpc) is 3.20. The predicted molar refractivity (Wildman–Crippen MR) is 115 cm³/mol. The summed E-state index contributed by atoms with van der Waals surface area (Å²) < 4.78 is 33.9. The van der Waals surface area contributed by atoms with Crippen LogP contribution in [0.4, 0.5) is 5.82 Å². The van der Waals surface area contributed by atoms with Crippen LogP contribution in [0.2, 0.25) is 0 Å². The molecule has 28 heavy (non-hydrogen) atoms. The fourth-order valence-electron chi connectivity index (χ4n) is 2.91. The first kappa shape index (κ1) is 19.7. The van der Waals surface area contributed by atoms with E-state index in [0.29, 0.717) is 29.5 Å². The molecule has 1 aliphatic rings. The summed E-state index contributed by atoms with van der Waals surface area (Å²) in [5.41, 5.74) is 8.23. The number of sulfonamides is 1. The van der Waals surface area contributed by atoms with Crippen molar-refractivity contribution in [3.05, 3.63) is 27.6 Å². The van der Waals surface area contributed by atoms with Crippen molar-refractivity contribution in [2.75, 3.05) is 25.1 Å². The first-order valence-corrected chi connectivity index (χ1v) is 12.1. The number of nitrogens with two attached hydrogens (primary N) is 1. The van der Waals surface area contributed by atoms with E-state index in [-0.39, 0.29) is 12.4 Å². The maximum absolute atomic E-state index is 11.4. The lowest BCUT2D eigenvalue weighted by molar-refractivity contribution is 0.356. The van der Waals surface area contributed by atoms with Crippen molar-refractivity contribution < 1.29 is 13.2 Å². The van der Waals surface area contributed by atoms with Crippen molar-refractivity contribution in [3.8, 4) is 5.75 Å². The lowest BCUT2D eigenvalue weighted by atomic mass is 10.2. The van der Waals surface area contributed by atoms with Crippen LogP contribution < -0.4 is 15.2 Å². The molecule has 2 aromatic heterocycles. The van der Waals surface area contributed by atoms with Crippen LogP contribution >= 0.6 is 34.4 Å². The third-order valence-electron chi connectivity index (χ3n) is 4.17. The van der Waals surface area contributed by atoms with Gasteiger partial charge in [0, 0.05) is 28.0 Å². The topological polar surface area (TPSA) is 125 Å². The van der Waals surface area contributed by atoms with E-state index >= 15 is 0 Å². The SMILES string of the molecule is CS(=O)(=O)NCCn1c(Sc2cc3c(cc2I)CCO3)nc2c(N)ncnc21. The number of nitrogen functional groups attached to an aromatic ring is 1. The second-order valence-corrected chi connectivity index (χ2v) is 10.2. The van der Waals surface area contributed by atoms with E-state index in [9.17, 15) is 8.42 Å². The van der Waals surface area contributed by atoms with E-state index in [4.69, 9.17) is 10.5 Å². The van der Waals surface area contributed by atoms with Gasteiger partial charge in [0.25, 0.3) is 0 Å². The summed E-state index contributed by atoms with van der Waals surface area (Å²) in [6.07, 6.45) is 3.42. The Morgan fingerprint density at radius 1 is 1.39 bits per heavy atom. The van der Waals surface area contributed by atoms with Gasteiger partial charge in [-0.3, -0.25) is 0 Å². The highest BCUT2D eigenvalue weighted by molar-refractivity contribution is 14.1. The fourth-order valence-corrected chi connectivity index (χ4v) is 5.18. The number of nitrogens with zero attached hydrogens (tertiary/aromatic N) is 4. The van der Waals surface area contributed by atoms with Gasteiger partial charge in [0.2, 0.25) is 10.0 Å². The highest BCUT2D eigenvalue weighted by Gasteiger charge is 2.20. The third kappa shape index (κ3) is 4.04. The summed E-state index contributed by atoms with van der Waals surface area (Å²) in [4.78, 5) is 13.9. The number of hydrogen-bond donors (Lipinski definition) is 2. The van der Waals surface area contributed by atoms with Crippen LogP contribution in [0.25, 0.3) is 11.2 Å². The van der Waals surface area contributed by atoms with Gasteiger partial charge in [0.05, 0.1) is 12.9 Å². The number of nitrogens with one attached hydrogen (secondary N) is 1. The highest BCUT2D eigenvalue weighted by atomic mass is 127. The molecule has 4 rings (SSSR count). The van der Waals surface area contributed by atoms with Gasteiger partial charge >= 0.3 is 0 Å². The number of anilines is 1. The predicted octanol–water partition coefficient (Wildman–Crippen LogP) is 1.65. The minimum atomic E-state index is -3.29. The Morgan fingerprint density at radius 2 is 2.21 bits per heavy atom. The molecule has 12 heteroatoms. The monoisotopic (exact) mass is 532 g/mol. The van der Waals surface area contributed by atoms with Crippen molar-refractivity contribution in [1.82, 2.24) is 24.2 Å². The summed E-state index contributed by atoms with van der Waals surface area (Å²) in [6.45, 7) is 1.27. The van der Waals surface area contributed by atoms with Crippen LogP contribution in [-0.2, 0) is 23.0 Å². The van der Waals surface area contributed by atoms with E-state index in [2.05, 4.69) is 48.3 Å². The molecular weight excluding hydrogens is 515 g/mol. The number of benzene rings is 1. The molecule has 0 aliphatic carbocycles. The van der Waals surface area contributed by atoms with Crippen molar-refractivity contribution in [1.29, 1.82) is 0 Å². The van der Waals surface area contributed by atoms with Gasteiger partial charge in [-0.2, -0.15) is 0 Å². The molecule has 0 radical (unpaired) electrons. The number of rotatable bonds is 6. The number of halogens is 1. The molecule has 0 bridgehead atoms. The molecule has 0 atom stereocenters. The van der Waals surface area contributed by atoms with Crippen LogP contribution in [0.15, 0.2) is 28.5 Å². The van der Waals surface area contributed by atoms with E-state index in [0.717, 1.165) is 26.9 Å². The number of hydrogen-bond acceptors (Lipinski definition) is 8. The fraction of sp³-hybridized carbons (Fsp3) is 0.312. The molecule has 9 nitrogen and oxygen atoms in total. The van der Waals surface area contributed by atoms with Crippen molar-refractivity contribution in [2.24, 2.45) is 0 Å². The third-order valence-corrected chi connectivity index (χ3v) is 7.21. The van der Waals surface area contributed by atoms with Crippen LogP contribution in [0, 0.1) is 3.57 Å². The largest absolute Gasteiger partial charge is 0.493 e. The highest BCUT2D eigenvalue weighted by Crippen LogP contribution is 2.38. The molecule has 0 saturated carbocycles. The number of ether oxygens (including phenoxy) is 1. The molecule has 148 valence electrons. The van der Waals surface area contributed by atoms with Gasteiger partial charge in [-0.15, -0.1) is 0 Å². The molecule has 0 amide bonds. The molecular formula is C16H17IN6O3S2. The molecule has 3 aromatic rings. The zero-order valence-corrected chi connectivity index (χ0v) is 18.6. The lowest BCUT2D eigenvalue weighted by Crippen LogP contribution is -2.26. The van der Waals surface area contributed by atoms with Crippen LogP contribution in [0.1, 0.15) is 5.56 Å². The quantitative estimate of drug-likeness (QED) is 0.460. The maximum Gasteiger partial charge on any atom is 0.208 e. The number of aromatic nitrogens is 4. The Bertz CT molecular complexity index is 1160. The zero-order valence-electron chi connectivity index (χ0n) is 14.8. The van der Waals surface area contributed by atoms with Gasteiger partial charge in [-0.25, -0.2) is 28.1 Å². The maximum atomic E-state index is 11.4. The summed E-state index contributed by atoms with van der Waals surface area (Å²) >= 11 is 3.76. The minimum Gasteiger partial charge on any atom is -0.493 e. The molecule has 1 aromatic carbocycles. The molecule has 0 spiro atoms. The van der Waals surface area contributed by atoms with Gasteiger partial charge in [-0.1, -0.05) is 11.8 Å². The smallest absolute Gasteiger partial charge is 0.208 e. The molecule has 3 heterocycles. The Kier molecular flexibility index (Phi) is 5.37. The zero-order chi connectivity index (χ0) is 19.9. The van der Waals surface area contributed by atoms with Crippen LogP contribution in [0.3, 0.4) is 0 Å². The molecule has 1 aliphatic heterocycles. The van der Waals surface area contributed by atoms with Crippen molar-refractivity contribution >= 4 is 61.4 Å². The van der Waals surface area contributed by atoms with E-state index in [1.165, 1.54) is 23.7 Å². The van der Waals surface area contributed by atoms with Gasteiger partial charge in [-0.05, 0) is 40.3 Å². The number of fused-ring (bicyclic) bond motifs is 2. The van der Waals surface area contributed by atoms with Gasteiger partial charge < -0.3 is 15.0 Å². The number of imidazole rings is 1. The minimum absolute atomic E-state index is 0.214. The van der Waals surface area contributed by atoms with E-state index in [1.807, 2.05) is 10.6 Å². The van der Waals surface area contributed by atoms with Crippen molar-refractivity contribution in [3.63, 3.8) is 0 Å². The first-order chi connectivity index (χ1) is 13.3. The summed E-state index contributed by atoms with van der Waals surface area (Å²) in [6, 6.07) is 4.14. The Balaban J connectivity index is 1.71. The van der Waals surface area contributed by atoms with Gasteiger partial charge in [0.15, 0.2) is 22.1 Å². The van der Waals surface area contributed by atoms with Crippen LogP contribution in [-0.4, -0.2) is 47.3 Å². The average molecular weight is 532 g/mol. The molecule has 0 saturated heterocycles. The molecule has 0 unspecified atom stereocenters. The first-order valence-electron chi connectivity index (χ1n) is 8.36. The van der Waals surface area contributed by atoms with E-state index in [1.54, 1.807) is 0 Å². The molecule has 3 N–H and O–H groups in total. The second kappa shape index (κ2) is 7.65. The normalized spacial score (nSPS) is 13.6. The summed E-state index contributed by atoms with van der Waals surface area (Å²) in [7, 11) is -3.29. The Labute approximate surface area is 179 Å². The Hall–Kier alpha value is -1.64. The molecule has 0 fully saturated rings. The van der Waals surface area contributed by atoms with Crippen LogP contribution in [0.5, 0.6) is 5.75 Å². The standard InChI is InChI=1S/C16H17IN6O3S2/c1-28(24,25)21-3-4-23-15-13(14(18)19-8-20-15)22-16(23)27-12-7-11-9(2-5-26-11)6-10(12)17/h6-8,21H,2-5H2,1H3,(H2,18,19,20). The summed E-state index contributed by atoms with van der Waals surface area (Å²) in [5, 5.41) is 0.661. The van der Waals surface area contributed by atoms with E-state index < -0.39 is 10.0 Å². The lowest BCUT2D eigenvalue weighted by Gasteiger charge is -2.10. The van der Waals surface area contributed by atoms with Gasteiger partial charge in [0.1, 0.15) is 12.1 Å². The Morgan fingerprint density at radius 3 is 3.00 bits per heavy atom. The van der Waals surface area contributed by atoms with Crippen molar-refractivity contribution in [2.45, 2.75) is 23.0 Å². The summed E-state index contributed by atoms with van der Waals surface area (Å²) in [5.74, 6) is 1.18. The second-order valence-electron chi connectivity index (χ2n) is 6.23.